The maximum atomic E-state index is 6.57. The third-order valence-electron chi connectivity index (χ3n) is 6.50. The summed E-state index contributed by atoms with van der Waals surface area (Å²) in [7, 11) is 7.76. The van der Waals surface area contributed by atoms with Gasteiger partial charge >= 0.3 is 0 Å². The van der Waals surface area contributed by atoms with Gasteiger partial charge in [0.05, 0.1) is 48.1 Å². The molecule has 0 saturated carbocycles. The maximum Gasteiger partial charge on any atom is 0.227 e. The number of hydrazine groups is 1. The Morgan fingerprint density at radius 3 is 2.81 bits per heavy atom. The Morgan fingerprint density at radius 1 is 1.30 bits per heavy atom. The topological polar surface area (TPSA) is 96.5 Å². The van der Waals surface area contributed by atoms with Crippen molar-refractivity contribution in [2.45, 2.75) is 6.17 Å². The maximum absolute atomic E-state index is 6.57. The minimum absolute atomic E-state index is 0.282. The third kappa shape index (κ3) is 4.86. The van der Waals surface area contributed by atoms with E-state index >= 15 is 0 Å². The van der Waals surface area contributed by atoms with Crippen LogP contribution in [0.3, 0.4) is 0 Å². The van der Waals surface area contributed by atoms with Gasteiger partial charge in [0.25, 0.3) is 0 Å². The van der Waals surface area contributed by atoms with Crippen LogP contribution < -0.4 is 26.2 Å². The number of nitrogens with zero attached hydrogens (tertiary/aromatic N) is 5. The standard InChI is InChI=1S/C27H31ClN8O/c1-34(2)25-16-36(33-25)23-13-24(37-4)21(12-17(23)8-7-11-29)31-27-30-14-20(28)26(32-27)19-15-35(3)22-10-6-5-9-18(19)22/h5-10,12-15,25,33H,11,16,29H2,1-4H3,(H,30,31,32). The number of fused-ring (bicyclic) bond motifs is 1. The predicted octanol–water partition coefficient (Wildman–Crippen LogP) is 4.23. The number of hydrogen-bond acceptors (Lipinski definition) is 8. The molecule has 0 amide bonds. The lowest BCUT2D eigenvalue weighted by Crippen LogP contribution is -2.67. The Kier molecular flexibility index (Phi) is 7.03. The number of hydrogen-bond donors (Lipinski definition) is 3. The minimum Gasteiger partial charge on any atom is -0.494 e. The van der Waals surface area contributed by atoms with Gasteiger partial charge in [-0.1, -0.05) is 42.0 Å². The highest BCUT2D eigenvalue weighted by Crippen LogP contribution is 2.38. The SMILES string of the molecule is COc1cc(N2CC(N(C)C)N2)c(C=CCN)cc1Nc1ncc(Cl)c(-c2cn(C)c3ccccc23)n1. The molecule has 2 aromatic carbocycles. The lowest BCUT2D eigenvalue weighted by atomic mass is 10.1. The van der Waals surface area contributed by atoms with Gasteiger partial charge in [-0.05, 0) is 26.2 Å². The van der Waals surface area contributed by atoms with Crippen molar-refractivity contribution in [1.29, 1.82) is 0 Å². The molecule has 0 radical (unpaired) electrons. The quantitative estimate of drug-likeness (QED) is 0.319. The molecule has 0 spiro atoms. The Bertz CT molecular complexity index is 1460. The zero-order chi connectivity index (χ0) is 26.1. The average molecular weight is 519 g/mol. The van der Waals surface area contributed by atoms with Gasteiger partial charge in [0.15, 0.2) is 0 Å². The molecule has 192 valence electrons. The molecule has 0 aliphatic carbocycles. The summed E-state index contributed by atoms with van der Waals surface area (Å²) in [6.07, 6.45) is 7.87. The summed E-state index contributed by atoms with van der Waals surface area (Å²) in [5.41, 5.74) is 14.6. The van der Waals surface area contributed by atoms with Gasteiger partial charge < -0.3 is 25.4 Å². The molecular formula is C27H31ClN8O. The smallest absolute Gasteiger partial charge is 0.227 e. The molecule has 1 aliphatic rings. The first kappa shape index (κ1) is 25.0. The van der Waals surface area contributed by atoms with E-state index in [4.69, 9.17) is 27.1 Å². The summed E-state index contributed by atoms with van der Waals surface area (Å²) in [4.78, 5) is 11.4. The monoisotopic (exact) mass is 518 g/mol. The molecule has 1 fully saturated rings. The van der Waals surface area contributed by atoms with Crippen molar-refractivity contribution in [1.82, 2.24) is 24.9 Å². The fraction of sp³-hybridized carbons (Fsp3) is 0.259. The van der Waals surface area contributed by atoms with Crippen LogP contribution in [0.2, 0.25) is 5.02 Å². The summed E-state index contributed by atoms with van der Waals surface area (Å²) in [6.45, 7) is 1.29. The van der Waals surface area contributed by atoms with E-state index in [2.05, 4.69) is 56.4 Å². The van der Waals surface area contributed by atoms with E-state index in [1.165, 1.54) is 0 Å². The van der Waals surface area contributed by atoms with Gasteiger partial charge in [-0.3, -0.25) is 4.90 Å². The summed E-state index contributed by atoms with van der Waals surface area (Å²) < 4.78 is 7.82. The van der Waals surface area contributed by atoms with Crippen LogP contribution in [0.15, 0.2) is 54.9 Å². The first-order valence-corrected chi connectivity index (χ1v) is 12.4. The van der Waals surface area contributed by atoms with Crippen LogP contribution in [0.1, 0.15) is 5.56 Å². The lowest BCUT2D eigenvalue weighted by molar-refractivity contribution is 0.177. The number of aromatic nitrogens is 3. The van der Waals surface area contributed by atoms with E-state index in [9.17, 15) is 0 Å². The highest BCUT2D eigenvalue weighted by Gasteiger charge is 2.30. The summed E-state index contributed by atoms with van der Waals surface area (Å²) >= 11 is 6.57. The van der Waals surface area contributed by atoms with E-state index in [1.54, 1.807) is 13.3 Å². The van der Waals surface area contributed by atoms with Gasteiger partial charge in [0.1, 0.15) is 5.75 Å². The first-order valence-electron chi connectivity index (χ1n) is 12.0. The summed E-state index contributed by atoms with van der Waals surface area (Å²) in [5.74, 6) is 1.09. The summed E-state index contributed by atoms with van der Waals surface area (Å²) in [5, 5.41) is 6.99. The molecule has 10 heteroatoms. The second kappa shape index (κ2) is 10.4. The van der Waals surface area contributed by atoms with Crippen LogP contribution in [0.4, 0.5) is 17.3 Å². The number of anilines is 3. The Labute approximate surface area is 221 Å². The molecule has 3 heterocycles. The zero-order valence-corrected chi connectivity index (χ0v) is 22.1. The fourth-order valence-corrected chi connectivity index (χ4v) is 4.66. The highest BCUT2D eigenvalue weighted by molar-refractivity contribution is 6.33. The van der Waals surface area contributed by atoms with E-state index in [0.29, 0.717) is 29.0 Å². The van der Waals surface area contributed by atoms with Gasteiger partial charge in [-0.2, -0.15) is 0 Å². The number of ether oxygens (including phenoxy) is 1. The van der Waals surface area contributed by atoms with Crippen LogP contribution in [0, 0.1) is 0 Å². The molecule has 9 nitrogen and oxygen atoms in total. The van der Waals surface area contributed by atoms with Crippen LogP contribution >= 0.6 is 11.6 Å². The number of benzene rings is 2. The second-order valence-corrected chi connectivity index (χ2v) is 9.56. The van der Waals surface area contributed by atoms with Crippen molar-refractivity contribution in [3.05, 3.63) is 65.5 Å². The molecule has 1 saturated heterocycles. The molecule has 4 aromatic rings. The molecule has 5 rings (SSSR count). The third-order valence-corrected chi connectivity index (χ3v) is 6.78. The average Bonchev–Trinajstić information content (AvgIpc) is 3.20. The Balaban J connectivity index is 1.51. The number of rotatable bonds is 8. The van der Waals surface area contributed by atoms with E-state index < -0.39 is 0 Å². The van der Waals surface area contributed by atoms with Crippen molar-refractivity contribution in [2.75, 3.05) is 44.6 Å². The van der Waals surface area contributed by atoms with Crippen molar-refractivity contribution in [2.24, 2.45) is 12.8 Å². The number of nitrogens with one attached hydrogen (secondary N) is 2. The lowest BCUT2D eigenvalue weighted by Gasteiger charge is -2.45. The number of para-hydroxylation sites is 1. The van der Waals surface area contributed by atoms with Crippen molar-refractivity contribution < 1.29 is 4.74 Å². The Morgan fingerprint density at radius 2 is 2.08 bits per heavy atom. The van der Waals surface area contributed by atoms with E-state index in [0.717, 1.165) is 39.9 Å². The van der Waals surface area contributed by atoms with Gasteiger partial charge in [0.2, 0.25) is 5.95 Å². The van der Waals surface area contributed by atoms with E-state index in [-0.39, 0.29) is 6.17 Å². The van der Waals surface area contributed by atoms with Crippen LogP contribution in [0.5, 0.6) is 5.75 Å². The van der Waals surface area contributed by atoms with Gasteiger partial charge in [-0.25, -0.2) is 15.4 Å². The zero-order valence-electron chi connectivity index (χ0n) is 21.4. The fourth-order valence-electron chi connectivity index (χ4n) is 4.46. The van der Waals surface area contributed by atoms with Crippen LogP contribution in [-0.4, -0.2) is 59.9 Å². The van der Waals surface area contributed by atoms with E-state index in [1.807, 2.05) is 49.7 Å². The molecule has 4 N–H and O–H groups in total. The van der Waals surface area contributed by atoms with Crippen LogP contribution in [-0.2, 0) is 7.05 Å². The molecule has 0 bridgehead atoms. The van der Waals surface area contributed by atoms with Crippen molar-refractivity contribution in [3.63, 3.8) is 0 Å². The number of methoxy groups -OCH3 is 1. The van der Waals surface area contributed by atoms with Gasteiger partial charge in [-0.15, -0.1) is 0 Å². The highest BCUT2D eigenvalue weighted by atomic mass is 35.5. The molecular weight excluding hydrogens is 488 g/mol. The predicted molar refractivity (Wildman–Crippen MR) is 151 cm³/mol. The number of likely N-dealkylation sites (N-methyl/N-ethyl adjacent to an activating group) is 1. The second-order valence-electron chi connectivity index (χ2n) is 9.15. The number of nitrogens with two attached hydrogens (primary N) is 1. The summed E-state index contributed by atoms with van der Waals surface area (Å²) in [6, 6.07) is 12.2. The molecule has 1 unspecified atom stereocenters. The normalized spacial score (nSPS) is 15.5. The molecule has 1 atom stereocenters. The Hall–Kier alpha value is -3.63. The van der Waals surface area contributed by atoms with Gasteiger partial charge in [0, 0.05) is 47.9 Å². The van der Waals surface area contributed by atoms with Crippen LogP contribution in [0.25, 0.3) is 28.2 Å². The minimum atomic E-state index is 0.282. The number of halogens is 1. The van der Waals surface area contributed by atoms with Crippen molar-refractivity contribution >= 4 is 45.9 Å². The number of aryl methyl sites for hydroxylation is 1. The molecule has 1 aliphatic heterocycles. The molecule has 2 aromatic heterocycles. The largest absolute Gasteiger partial charge is 0.494 e. The molecule has 37 heavy (non-hydrogen) atoms. The van der Waals surface area contributed by atoms with Crippen molar-refractivity contribution in [3.8, 4) is 17.0 Å². The first-order chi connectivity index (χ1) is 17.9.